The summed E-state index contributed by atoms with van der Waals surface area (Å²) < 4.78 is 70.0. The number of ketones is 4. The minimum Gasteiger partial charge on any atom is -0.394 e. The number of carbonyl (C=O) groups excluding carboxylic acids is 4. The van der Waals surface area contributed by atoms with Crippen molar-refractivity contribution in [1.82, 2.24) is 40.4 Å². The van der Waals surface area contributed by atoms with Crippen LogP contribution in [0.25, 0.3) is 9.69 Å². The Morgan fingerprint density at radius 3 is 1.32 bits per heavy atom. The van der Waals surface area contributed by atoms with Gasteiger partial charge in [-0.05, 0) is 175 Å². The van der Waals surface area contributed by atoms with Crippen LogP contribution in [0.15, 0.2) is 46.8 Å². The van der Waals surface area contributed by atoms with Gasteiger partial charge in [0.05, 0.1) is 32.8 Å². The van der Waals surface area contributed by atoms with Crippen molar-refractivity contribution in [3.63, 3.8) is 0 Å². The number of carbonyl (C=O) groups is 4. The van der Waals surface area contributed by atoms with E-state index < -0.39 is 21.7 Å². The third-order valence-electron chi connectivity index (χ3n) is 26.2. The summed E-state index contributed by atoms with van der Waals surface area (Å²) in [5, 5.41) is 37.1. The van der Waals surface area contributed by atoms with Gasteiger partial charge < -0.3 is 14.7 Å². The van der Waals surface area contributed by atoms with E-state index >= 15 is 0 Å². The first-order valence-corrected chi connectivity index (χ1v) is 31.2. The zero-order valence-electron chi connectivity index (χ0n) is 66.1. The number of Topliss-reactive ketones (excluding diaryl/α,β-unsaturated/α-hetero) is 2. The van der Waals surface area contributed by atoms with Gasteiger partial charge in [-0.1, -0.05) is 127 Å². The summed E-state index contributed by atoms with van der Waals surface area (Å²) in [7, 11) is 0. The molecule has 6 fully saturated rings. The molecule has 82 heavy (non-hydrogen) atoms. The molecular formula is C67H110N10O5. The molecule has 10 aliphatic rings. The van der Waals surface area contributed by atoms with E-state index in [-0.39, 0.29) is 123 Å². The van der Waals surface area contributed by atoms with Crippen LogP contribution in [0.3, 0.4) is 0 Å². The lowest BCUT2D eigenvalue weighted by molar-refractivity contribution is -0.161. The van der Waals surface area contributed by atoms with Gasteiger partial charge in [-0.3, -0.25) is 9.59 Å². The smallest absolute Gasteiger partial charge is 0.226 e. The monoisotopic (exact) mass is 1170 g/mol. The van der Waals surface area contributed by atoms with Crippen molar-refractivity contribution in [2.75, 3.05) is 6.61 Å². The zero-order valence-corrected chi connectivity index (χ0v) is 52.1. The van der Waals surface area contributed by atoms with E-state index in [4.69, 9.17) is 44.1 Å². The number of allylic oxidation sites excluding steroid dienone is 8. The number of hydrogen-bond donors (Lipinski definition) is 1. The van der Waals surface area contributed by atoms with E-state index in [1.165, 1.54) is 4.80 Å². The summed E-state index contributed by atoms with van der Waals surface area (Å²) in [6, 6.07) is 0. The van der Waals surface area contributed by atoms with Crippen molar-refractivity contribution >= 4 is 23.1 Å². The van der Waals surface area contributed by atoms with Gasteiger partial charge in [0, 0.05) is 68.0 Å². The molecule has 0 amide bonds. The molecule has 0 aromatic carbocycles. The standard InChI is InChI=1S/C34H47N5O2.C33H45N5O3.9H2/c1-10-17-39-37-28(36-38-39)34-15-13-29(2,3)19-21(34)26-23(40)18-25-31(6)20-22(35-9)27(41)30(4,5)24(31)11-12-32(25,7)33(26,8)14-16-34;1-28(2)11-13-33(27-35-37-38(36-27)15-16-39)14-12-32(7)25(20(33)18-28)22(40)17-24-30(5)19-21(34-8)26(41)29(3,4)23(30)9-10-31(24,32)6;;;;;;;;;/h18,20-21,24,26H,10-17,19H2,1-8H3;17,19-20,23,25,39H,9-16,18H2,1-7H3;9*1H/t21-,24-,26-,31-,32+,33+,34-;20-,23-,25-,30-,31+,32+,33-;;;;;;;;;/m00........./s1/i;;7*1+2T;2*1+2. The molecule has 15 heteroatoms. The number of aryl methyl sites for hydroxylation is 1. The summed E-state index contributed by atoms with van der Waals surface area (Å²) in [5.74, 6) is 1.91. The fraction of sp³-hybridized carbons (Fsp3) is 0.761. The van der Waals surface area contributed by atoms with Crippen molar-refractivity contribution < 1.29 is 47.9 Å². The van der Waals surface area contributed by atoms with Gasteiger partial charge >= 0.3 is 0 Å². The number of tetrazole rings is 2. The molecule has 2 aromatic heterocycles. The number of hydrogen-bond acceptors (Lipinski definition) is 11. The first-order chi connectivity index (χ1) is 45.2. The molecule has 0 saturated heterocycles. The predicted molar refractivity (Wildman–Crippen MR) is 330 cm³/mol. The average molecular weight is 1170 g/mol. The summed E-state index contributed by atoms with van der Waals surface area (Å²) in [4.78, 5) is 66.6. The maximum Gasteiger partial charge on any atom is 0.226 e. The fourth-order valence-electron chi connectivity index (χ4n) is 21.3. The normalized spacial score (nSPS) is 43.2. The molecule has 0 spiro atoms. The van der Waals surface area contributed by atoms with Gasteiger partial charge in [0.25, 0.3) is 0 Å². The van der Waals surface area contributed by atoms with Crippen LogP contribution in [-0.2, 0) is 43.1 Å². The first-order valence-electron chi connectivity index (χ1n) is 38.2. The Bertz CT molecular complexity index is 3130. The van der Waals surface area contributed by atoms with Crippen molar-refractivity contribution in [1.29, 1.82) is 0 Å². The molecule has 0 unspecified atom stereocenters. The van der Waals surface area contributed by atoms with Crippen LogP contribution < -0.4 is 0 Å². The quantitative estimate of drug-likeness (QED) is 0.271. The molecule has 14 atom stereocenters. The van der Waals surface area contributed by atoms with Crippen LogP contribution in [0.1, 0.15) is 235 Å². The Labute approximate surface area is 512 Å². The number of aromatic nitrogens is 8. The summed E-state index contributed by atoms with van der Waals surface area (Å²) in [6.07, 6.45) is 22.0. The largest absolute Gasteiger partial charge is 0.394 e. The molecule has 0 radical (unpaired) electrons. The number of aliphatic hydroxyl groups is 1. The van der Waals surface area contributed by atoms with Gasteiger partial charge in [0.15, 0.2) is 34.8 Å². The Hall–Kier alpha value is -5.28. The zero-order chi connectivity index (χ0) is 73.6. The molecule has 458 valence electrons. The SMILES string of the molecule is [3HH].[3HH].[3H][3H].[3H][3H].[3H][3H].[3H][3H].[3H][3H].[3H][3H].[3H][3H].[C-]#[N+]C1=C[C@]2(C)C3=CC(=O)[C@@H]4[C@@H]5CC(C)(C)CC[C@]5(c5nnn(CCC)n5)CC[C@@]4(C)[C@]3(C)CC[C@H]2C(C)(C)C1=O.[C-]#[N+]C1=C[C@]2(C)C3=CC(=O)[C@@H]4[C@@H]5CC(C)(C)CC[C@]5(c5nnn(CCO)n5)CC[C@@]4(C)[C@]3(C)CC[C@H]2C(C)(C)C1=O. The highest BCUT2D eigenvalue weighted by atomic mass is 16.3. The third kappa shape index (κ3) is 7.76. The highest BCUT2D eigenvalue weighted by Gasteiger charge is 2.73. The predicted octanol–water partition coefficient (Wildman–Crippen LogP) is 14.6. The molecule has 12 rings (SSSR count). The van der Waals surface area contributed by atoms with Crippen LogP contribution in [0.5, 0.6) is 0 Å². The van der Waals surface area contributed by atoms with Crippen LogP contribution in [0.2, 0.25) is 0 Å². The number of nitrogens with zero attached hydrogens (tertiary/aromatic N) is 10. The summed E-state index contributed by atoms with van der Waals surface area (Å²) >= 11 is 0. The van der Waals surface area contributed by atoms with Crippen molar-refractivity contribution in [2.24, 2.45) is 89.7 Å². The number of fused-ring (bicyclic) bond motifs is 14. The van der Waals surface area contributed by atoms with E-state index in [0.717, 1.165) is 126 Å². The number of rotatable bonds is 6. The van der Waals surface area contributed by atoms with Crippen LogP contribution in [0, 0.1) is 103 Å². The van der Waals surface area contributed by atoms with Crippen molar-refractivity contribution in [3.05, 3.63) is 81.3 Å². The van der Waals surface area contributed by atoms with E-state index in [1.54, 1.807) is 4.80 Å². The van der Waals surface area contributed by atoms with Crippen LogP contribution in [-0.4, -0.2) is 75.3 Å². The van der Waals surface area contributed by atoms with Gasteiger partial charge in [-0.25, -0.2) is 9.69 Å². The number of aliphatic hydroxyl groups excluding tert-OH is 1. The van der Waals surface area contributed by atoms with Gasteiger partial charge in [-0.2, -0.15) is 9.59 Å². The first kappa shape index (κ1) is 50.1. The fourth-order valence-corrected chi connectivity index (χ4v) is 21.3. The maximum atomic E-state index is 14.7. The Morgan fingerprint density at radius 2 is 0.951 bits per heavy atom. The molecule has 0 aliphatic heterocycles. The lowest BCUT2D eigenvalue weighted by atomic mass is 9.34. The second-order valence-electron chi connectivity index (χ2n) is 31.9. The summed E-state index contributed by atoms with van der Waals surface area (Å²) in [6.45, 7) is 49.9. The summed E-state index contributed by atoms with van der Waals surface area (Å²) in [5.41, 5.74) is -0.875. The second-order valence-corrected chi connectivity index (χ2v) is 31.9. The van der Waals surface area contributed by atoms with Gasteiger partial charge in [0.2, 0.25) is 11.4 Å². The lowest BCUT2D eigenvalue weighted by Gasteiger charge is -2.69. The maximum absolute atomic E-state index is 14.7. The Morgan fingerprint density at radius 1 is 0.573 bits per heavy atom. The molecule has 10 aliphatic carbocycles. The minimum absolute atomic E-state index is 0. The molecule has 2 heterocycles. The van der Waals surface area contributed by atoms with E-state index in [0.29, 0.717) is 6.54 Å². The van der Waals surface area contributed by atoms with Crippen molar-refractivity contribution in [2.45, 2.75) is 224 Å². The molecule has 15 nitrogen and oxygen atoms in total. The van der Waals surface area contributed by atoms with Gasteiger partial charge in [-0.15, -0.1) is 20.4 Å². The third-order valence-corrected chi connectivity index (χ3v) is 26.2. The van der Waals surface area contributed by atoms with E-state index in [9.17, 15) is 24.3 Å². The Balaban J connectivity index is 0.000000557. The molecule has 1 N–H and O–H groups in total. The average Bonchev–Trinajstić information content (AvgIpc) is 0.753. The Kier molecular flexibility index (Phi) is 11.4. The minimum atomic E-state index is -0.659. The topological polar surface area (TPSA) is 184 Å². The highest BCUT2D eigenvalue weighted by Crippen LogP contribution is 2.77. The van der Waals surface area contributed by atoms with Crippen molar-refractivity contribution in [3.8, 4) is 0 Å². The second kappa shape index (κ2) is 18.6. The van der Waals surface area contributed by atoms with E-state index in [1.807, 2.05) is 52.0 Å². The molecule has 6 saturated carbocycles. The molecule has 0 bridgehead atoms. The molecular weight excluding hydrogens is 1020 g/mol. The highest BCUT2D eigenvalue weighted by molar-refractivity contribution is 6.04. The lowest BCUT2D eigenvalue weighted by Crippen LogP contribution is -2.65. The van der Waals surface area contributed by atoms with Crippen LogP contribution >= 0.6 is 0 Å². The van der Waals surface area contributed by atoms with Gasteiger partial charge in [0.1, 0.15) is 0 Å². The molecule has 2 aromatic rings. The van der Waals surface area contributed by atoms with E-state index in [2.05, 4.69) is 106 Å². The van der Waals surface area contributed by atoms with Crippen LogP contribution in [0.4, 0.5) is 0 Å².